The number of ether oxygens (including phenoxy) is 1. The molecule has 11 rings (SSSR count). The van der Waals surface area contributed by atoms with Gasteiger partial charge in [0.25, 0.3) is 29.5 Å². The lowest BCUT2D eigenvalue weighted by Crippen LogP contribution is -2.18. The van der Waals surface area contributed by atoms with E-state index < -0.39 is 34.7 Å². The number of methoxy groups -OCH3 is 1. The molecule has 5 amide bonds. The lowest BCUT2D eigenvalue weighted by atomic mass is 10.1. The number of hydrogen-bond donors (Lipinski definition) is 6. The van der Waals surface area contributed by atoms with Gasteiger partial charge in [0, 0.05) is 93.7 Å². The van der Waals surface area contributed by atoms with Crippen LogP contribution in [-0.4, -0.2) is 107 Å². The van der Waals surface area contributed by atoms with Gasteiger partial charge in [0.05, 0.1) is 89.8 Å². The van der Waals surface area contributed by atoms with E-state index in [4.69, 9.17) is 68.5 Å². The highest BCUT2D eigenvalue weighted by Gasteiger charge is 2.19. The van der Waals surface area contributed by atoms with Crippen LogP contribution in [0.3, 0.4) is 0 Å². The van der Waals surface area contributed by atoms with Crippen molar-refractivity contribution in [3.63, 3.8) is 0 Å². The fraction of sp³-hybridized carbons (Fsp3) is 0.0845. The van der Waals surface area contributed by atoms with Crippen LogP contribution in [-0.2, 0) is 11.1 Å². The molecule has 0 aliphatic heterocycles. The molecule has 6 aromatic heterocycles. The largest absolute Gasteiger partial charge is 0.772 e. The van der Waals surface area contributed by atoms with Crippen LogP contribution in [0.1, 0.15) is 57.5 Å². The molecule has 0 bridgehead atoms. The Hall–Kier alpha value is -10.5. The summed E-state index contributed by atoms with van der Waals surface area (Å²) in [5, 5.41) is 15.7. The van der Waals surface area contributed by atoms with Gasteiger partial charge in [-0.1, -0.05) is 87.3 Å². The number of pyridine rings is 6. The highest BCUT2D eigenvalue weighted by Crippen LogP contribution is 2.33. The molecular formula is C71H59Cl5N13O8S-. The highest BCUT2D eigenvalue weighted by atomic mass is 35.5. The van der Waals surface area contributed by atoms with E-state index >= 15 is 0 Å². The van der Waals surface area contributed by atoms with Crippen LogP contribution >= 0.6 is 58.0 Å². The second kappa shape index (κ2) is 36.0. The van der Waals surface area contributed by atoms with Gasteiger partial charge in [0.2, 0.25) is 5.88 Å². The zero-order valence-corrected chi connectivity index (χ0v) is 57.1. The van der Waals surface area contributed by atoms with Gasteiger partial charge in [-0.25, -0.2) is 9.97 Å². The molecule has 1 unspecified atom stereocenters. The SMILES string of the molecule is CN(C)CCS(=O)[O-].COc1ccc(NC(=O)c2ccc(C(=O)Nc3ccc(Cl)c(-c4ccccn4)c3)c(Cl)c2)cn1.Cc1ccc(C(=O)Nc2ccc(Cl)c(-c3ccccn3)c2)cn1.Nc1ccc(NC(=O)c2ccc(C(=O)Nc3ccc(Cl)c(-c4ccccn4)c3)c(Cl)c2)cn1. The van der Waals surface area contributed by atoms with Crippen molar-refractivity contribution in [2.24, 2.45) is 0 Å². The minimum atomic E-state index is -1.88. The van der Waals surface area contributed by atoms with Crippen LogP contribution in [0.15, 0.2) is 219 Å². The smallest absolute Gasteiger partial charge is 0.257 e. The Morgan fingerprint density at radius 2 is 0.847 bits per heavy atom. The number of nitrogens with one attached hydrogen (secondary N) is 5. The van der Waals surface area contributed by atoms with E-state index in [0.717, 1.165) is 17.0 Å². The molecule has 0 saturated carbocycles. The van der Waals surface area contributed by atoms with Crippen molar-refractivity contribution in [2.75, 3.05) is 65.8 Å². The number of benzene rings is 5. The minimum absolute atomic E-state index is 0.134. The van der Waals surface area contributed by atoms with E-state index in [-0.39, 0.29) is 38.4 Å². The number of nitrogens with zero attached hydrogens (tertiary/aromatic N) is 7. The maximum atomic E-state index is 12.8. The summed E-state index contributed by atoms with van der Waals surface area (Å²) in [5.41, 5.74) is 14.9. The molecule has 0 fully saturated rings. The number of amides is 5. The summed E-state index contributed by atoms with van der Waals surface area (Å²) in [5.74, 6) is -0.843. The van der Waals surface area contributed by atoms with Crippen molar-refractivity contribution in [3.8, 4) is 39.7 Å². The molecule has 27 heteroatoms. The number of nitrogens with two attached hydrogens (primary N) is 1. The van der Waals surface area contributed by atoms with Crippen LogP contribution in [0.4, 0.5) is 34.3 Å². The van der Waals surface area contributed by atoms with Gasteiger partial charge in [0.1, 0.15) is 5.82 Å². The number of anilines is 6. The van der Waals surface area contributed by atoms with Crippen molar-refractivity contribution < 1.29 is 37.5 Å². The van der Waals surface area contributed by atoms with Gasteiger partial charge in [-0.3, -0.25) is 48.1 Å². The molecule has 7 N–H and O–H groups in total. The third-order valence-corrected chi connectivity index (χ3v) is 15.7. The molecule has 21 nitrogen and oxygen atoms in total. The van der Waals surface area contributed by atoms with Gasteiger partial charge in [-0.2, -0.15) is 0 Å². The Kier molecular flexibility index (Phi) is 26.9. The van der Waals surface area contributed by atoms with E-state index in [2.05, 4.69) is 56.5 Å². The van der Waals surface area contributed by atoms with Crippen molar-refractivity contribution in [3.05, 3.63) is 278 Å². The van der Waals surface area contributed by atoms with Crippen LogP contribution in [0.25, 0.3) is 33.8 Å². The molecular weight excluding hydrogens is 1370 g/mol. The summed E-state index contributed by atoms with van der Waals surface area (Å²) in [4.78, 5) is 89.7. The number of carbonyl (C=O) groups excluding carboxylic acids is 5. The lowest BCUT2D eigenvalue weighted by Gasteiger charge is -2.11. The number of aryl methyl sites for hydroxylation is 1. The molecule has 498 valence electrons. The van der Waals surface area contributed by atoms with E-state index in [1.54, 1.807) is 110 Å². The summed E-state index contributed by atoms with van der Waals surface area (Å²) in [6.45, 7) is 2.48. The van der Waals surface area contributed by atoms with Gasteiger partial charge in [-0.15, -0.1) is 0 Å². The van der Waals surface area contributed by atoms with Gasteiger partial charge >= 0.3 is 0 Å². The normalized spacial score (nSPS) is 10.8. The summed E-state index contributed by atoms with van der Waals surface area (Å²) < 4.78 is 24.8. The predicted molar refractivity (Wildman–Crippen MR) is 387 cm³/mol. The van der Waals surface area contributed by atoms with Crippen LogP contribution in [0.2, 0.25) is 25.1 Å². The zero-order valence-electron chi connectivity index (χ0n) is 52.5. The number of nitrogen functional groups attached to an aromatic ring is 1. The minimum Gasteiger partial charge on any atom is -0.772 e. The van der Waals surface area contributed by atoms with Crippen LogP contribution in [0.5, 0.6) is 5.88 Å². The number of halogens is 5. The van der Waals surface area contributed by atoms with E-state index in [1.165, 1.54) is 55.9 Å². The highest BCUT2D eigenvalue weighted by molar-refractivity contribution is 7.79. The molecule has 98 heavy (non-hydrogen) atoms. The fourth-order valence-corrected chi connectivity index (χ4v) is 10.3. The van der Waals surface area contributed by atoms with Crippen molar-refractivity contribution in [1.29, 1.82) is 0 Å². The molecule has 6 heterocycles. The number of aromatic nitrogens is 6. The average molecular weight is 1430 g/mol. The molecule has 0 saturated heterocycles. The van der Waals surface area contributed by atoms with E-state index in [0.29, 0.717) is 95.4 Å². The molecule has 0 radical (unpaired) electrons. The first-order chi connectivity index (χ1) is 47.1. The maximum absolute atomic E-state index is 12.8. The van der Waals surface area contributed by atoms with Gasteiger partial charge < -0.3 is 46.5 Å². The fourth-order valence-electron chi connectivity index (χ4n) is 8.57. The number of rotatable bonds is 17. The summed E-state index contributed by atoms with van der Waals surface area (Å²) in [6.07, 6.45) is 9.51. The molecule has 11 aromatic rings. The topological polar surface area (TPSA) is 301 Å². The van der Waals surface area contributed by atoms with E-state index in [1.807, 2.05) is 86.6 Å². The molecule has 0 spiro atoms. The zero-order chi connectivity index (χ0) is 70.3. The van der Waals surface area contributed by atoms with Crippen molar-refractivity contribution in [2.45, 2.75) is 6.92 Å². The first-order valence-corrected chi connectivity index (χ1v) is 32.4. The third-order valence-electron chi connectivity index (χ3n) is 13.6. The Labute approximate surface area is 591 Å². The standard InChI is InChI=1S/C25H18Cl2N4O3.C24H17Cl2N5O2.C18H14ClN3O.C4H11NO2S/c1-34-23-10-7-17(14-29-23)31-24(32)15-5-8-18(21(27)12-15)25(33)30-16-6-9-20(26)19(13-16)22-4-2-3-11-28-22;25-19-8-5-15(12-18(19)21-3-1-2-10-28-21)30-24(33)17-7-4-14(11-20(17)26)23(32)31-16-6-9-22(27)29-13-16;1-12-5-6-13(11-21-12)18(23)22-14-7-8-16(19)15(10-14)17-4-2-3-9-20-17;1-5(2)3-4-8(6)7/h2-14H,1H3,(H,30,33)(H,31,32);1-13H,(H2,27,29)(H,30,33)(H,31,32);2-11H,1H3,(H,22,23);3-4H2,1-2H3,(H,6,7)/p-1. The van der Waals surface area contributed by atoms with Gasteiger partial charge in [0.15, 0.2) is 0 Å². The van der Waals surface area contributed by atoms with Crippen molar-refractivity contribution >= 4 is 133 Å². The summed E-state index contributed by atoms with van der Waals surface area (Å²) in [7, 11) is 5.19. The average Bonchev–Trinajstić information content (AvgIpc) is 0.874. The molecule has 0 aliphatic rings. The Bertz CT molecular complexity index is 4610. The first kappa shape index (κ1) is 73.3. The lowest BCUT2D eigenvalue weighted by molar-refractivity contribution is 0.101. The Morgan fingerprint density at radius 3 is 1.18 bits per heavy atom. The molecule has 1 atom stereocenters. The molecule has 5 aromatic carbocycles. The van der Waals surface area contributed by atoms with Crippen LogP contribution in [0, 0.1) is 6.92 Å². The van der Waals surface area contributed by atoms with Gasteiger partial charge in [-0.05, 0) is 179 Å². The number of hydrogen-bond acceptors (Lipinski definition) is 16. The maximum Gasteiger partial charge on any atom is 0.257 e. The Morgan fingerprint density at radius 1 is 0.449 bits per heavy atom. The second-order valence-corrected chi connectivity index (χ2v) is 24.0. The molecule has 0 aliphatic carbocycles. The Balaban J connectivity index is 0.000000180. The van der Waals surface area contributed by atoms with E-state index in [9.17, 15) is 32.7 Å². The van der Waals surface area contributed by atoms with Crippen LogP contribution < -0.4 is 37.1 Å². The monoisotopic (exact) mass is 1430 g/mol. The predicted octanol–water partition coefficient (Wildman–Crippen LogP) is 15.3. The number of carbonyl (C=O) groups is 5. The first-order valence-electron chi connectivity index (χ1n) is 29.2. The second-order valence-electron chi connectivity index (χ2n) is 20.9. The van der Waals surface area contributed by atoms with Crippen molar-refractivity contribution in [1.82, 2.24) is 34.8 Å². The third kappa shape index (κ3) is 21.7. The summed E-state index contributed by atoms with van der Waals surface area (Å²) >= 11 is 29.6. The quantitative estimate of drug-likeness (QED) is 0.0462. The summed E-state index contributed by atoms with van der Waals surface area (Å²) in [6, 6.07) is 51.0.